The lowest BCUT2D eigenvalue weighted by atomic mass is 9.98. The van der Waals surface area contributed by atoms with Gasteiger partial charge in [-0.05, 0) is 36.6 Å². The second kappa shape index (κ2) is 10.7. The first-order valence-corrected chi connectivity index (χ1v) is 11.6. The zero-order valence-electron chi connectivity index (χ0n) is 14.4. The third-order valence-electron chi connectivity index (χ3n) is 3.43. The van der Waals surface area contributed by atoms with Crippen LogP contribution in [0, 0.1) is 0 Å². The van der Waals surface area contributed by atoms with Gasteiger partial charge in [-0.3, -0.25) is 4.79 Å². The minimum Gasteiger partial charge on any atom is -0.468 e. The molecule has 0 radical (unpaired) electrons. The van der Waals surface area contributed by atoms with E-state index < -0.39 is 8.80 Å². The first-order chi connectivity index (χ1) is 10.9. The van der Waals surface area contributed by atoms with E-state index >= 15 is 0 Å². The molecule has 0 amide bonds. The third kappa shape index (κ3) is 7.86. The summed E-state index contributed by atoms with van der Waals surface area (Å²) in [6, 6.07) is 6.65. The van der Waals surface area contributed by atoms with Crippen molar-refractivity contribution in [1.82, 2.24) is 0 Å². The van der Waals surface area contributed by atoms with Crippen molar-refractivity contribution in [2.75, 3.05) is 20.0 Å². The van der Waals surface area contributed by atoms with Gasteiger partial charge in [0.25, 0.3) is 0 Å². The van der Waals surface area contributed by atoms with Gasteiger partial charge in [0.2, 0.25) is 0 Å². The standard InChI is InChI=1S/C17H27ClO4Si/c1-5-21-17(19)10-13(2)15-7-6-14(11-16(15)18)22-12-20-8-9-23(3)4/h6-7,11,13,23H,5,8-10,12H2,1-4H3. The van der Waals surface area contributed by atoms with Gasteiger partial charge in [-0.1, -0.05) is 37.7 Å². The molecule has 4 nitrogen and oxygen atoms in total. The molecule has 1 unspecified atom stereocenters. The normalized spacial score (nSPS) is 12.3. The van der Waals surface area contributed by atoms with Crippen LogP contribution >= 0.6 is 11.6 Å². The lowest BCUT2D eigenvalue weighted by Crippen LogP contribution is -2.10. The third-order valence-corrected chi connectivity index (χ3v) is 5.15. The number of carbonyl (C=O) groups is 1. The van der Waals surface area contributed by atoms with Crippen molar-refractivity contribution in [2.45, 2.75) is 45.3 Å². The van der Waals surface area contributed by atoms with E-state index in [1.165, 1.54) is 0 Å². The topological polar surface area (TPSA) is 44.8 Å². The molecule has 1 aromatic rings. The number of hydrogen-bond acceptors (Lipinski definition) is 4. The molecular formula is C17H27ClO4Si. The molecule has 23 heavy (non-hydrogen) atoms. The molecule has 6 heteroatoms. The van der Waals surface area contributed by atoms with E-state index in [1.807, 2.05) is 19.1 Å². The summed E-state index contributed by atoms with van der Waals surface area (Å²) in [7, 11) is -0.570. The van der Waals surface area contributed by atoms with E-state index in [9.17, 15) is 4.79 Å². The molecule has 0 aromatic heterocycles. The quantitative estimate of drug-likeness (QED) is 0.271. The Kier molecular flexibility index (Phi) is 9.29. The van der Waals surface area contributed by atoms with E-state index in [0.29, 0.717) is 23.8 Å². The number of benzene rings is 1. The van der Waals surface area contributed by atoms with Crippen molar-refractivity contribution in [2.24, 2.45) is 0 Å². The van der Waals surface area contributed by atoms with E-state index in [1.54, 1.807) is 13.0 Å². The maximum absolute atomic E-state index is 11.6. The molecule has 0 aliphatic heterocycles. The molecule has 0 saturated carbocycles. The van der Waals surface area contributed by atoms with Crippen molar-refractivity contribution in [1.29, 1.82) is 0 Å². The zero-order chi connectivity index (χ0) is 17.2. The van der Waals surface area contributed by atoms with Crippen LogP contribution in [0.2, 0.25) is 24.2 Å². The van der Waals surface area contributed by atoms with E-state index in [4.69, 9.17) is 25.8 Å². The van der Waals surface area contributed by atoms with Crippen LogP contribution in [-0.4, -0.2) is 34.8 Å². The van der Waals surface area contributed by atoms with E-state index in [-0.39, 0.29) is 18.7 Å². The average molecular weight is 359 g/mol. The Hall–Kier alpha value is -1.04. The van der Waals surface area contributed by atoms with Crippen LogP contribution in [0.4, 0.5) is 0 Å². The van der Waals surface area contributed by atoms with Gasteiger partial charge in [-0.25, -0.2) is 0 Å². The second-order valence-corrected chi connectivity index (χ2v) is 9.72. The Morgan fingerprint density at radius 2 is 2.09 bits per heavy atom. The van der Waals surface area contributed by atoms with Crippen molar-refractivity contribution in [3.05, 3.63) is 28.8 Å². The highest BCUT2D eigenvalue weighted by atomic mass is 35.5. The summed E-state index contributed by atoms with van der Waals surface area (Å²) in [5, 5.41) is 0.592. The second-order valence-electron chi connectivity index (χ2n) is 5.95. The predicted molar refractivity (Wildman–Crippen MR) is 96.2 cm³/mol. The summed E-state index contributed by atoms with van der Waals surface area (Å²) < 4.78 is 16.0. The first kappa shape index (κ1) is 20.0. The fourth-order valence-electron chi connectivity index (χ4n) is 2.06. The highest BCUT2D eigenvalue weighted by Crippen LogP contribution is 2.30. The lowest BCUT2D eigenvalue weighted by Gasteiger charge is -2.14. The molecule has 1 aromatic carbocycles. The molecule has 0 bridgehead atoms. The van der Waals surface area contributed by atoms with E-state index in [0.717, 1.165) is 18.2 Å². The summed E-state index contributed by atoms with van der Waals surface area (Å²) >= 11 is 6.30. The molecule has 0 N–H and O–H groups in total. The largest absolute Gasteiger partial charge is 0.468 e. The van der Waals surface area contributed by atoms with Crippen molar-refractivity contribution in [3.8, 4) is 5.75 Å². The van der Waals surface area contributed by atoms with Crippen molar-refractivity contribution < 1.29 is 19.0 Å². The van der Waals surface area contributed by atoms with Crippen LogP contribution in [0.25, 0.3) is 0 Å². The van der Waals surface area contributed by atoms with Crippen LogP contribution in [-0.2, 0) is 14.3 Å². The number of halogens is 1. The van der Waals surface area contributed by atoms with Gasteiger partial charge in [-0.2, -0.15) is 0 Å². The van der Waals surface area contributed by atoms with Gasteiger partial charge in [0, 0.05) is 20.4 Å². The average Bonchev–Trinajstić information content (AvgIpc) is 2.46. The van der Waals surface area contributed by atoms with E-state index in [2.05, 4.69) is 13.1 Å². The summed E-state index contributed by atoms with van der Waals surface area (Å²) in [5.74, 6) is 0.463. The van der Waals surface area contributed by atoms with Gasteiger partial charge in [-0.15, -0.1) is 0 Å². The molecule has 0 saturated heterocycles. The number of carbonyl (C=O) groups excluding carboxylic acids is 1. The fraction of sp³-hybridized carbons (Fsp3) is 0.588. The Bertz CT molecular complexity index is 493. The molecule has 0 heterocycles. The molecular weight excluding hydrogens is 332 g/mol. The van der Waals surface area contributed by atoms with Gasteiger partial charge >= 0.3 is 5.97 Å². The molecule has 1 rings (SSSR count). The Morgan fingerprint density at radius 1 is 1.35 bits per heavy atom. The summed E-state index contributed by atoms with van der Waals surface area (Å²) in [6.45, 7) is 9.71. The molecule has 0 spiro atoms. The minimum atomic E-state index is -0.570. The monoisotopic (exact) mass is 358 g/mol. The highest BCUT2D eigenvalue weighted by molar-refractivity contribution is 6.55. The van der Waals surface area contributed by atoms with Crippen molar-refractivity contribution in [3.63, 3.8) is 0 Å². The number of ether oxygens (including phenoxy) is 3. The Morgan fingerprint density at radius 3 is 2.70 bits per heavy atom. The summed E-state index contributed by atoms with van der Waals surface area (Å²) in [6.07, 6.45) is 0.315. The SMILES string of the molecule is CCOC(=O)CC(C)c1ccc(OCOCC[SiH](C)C)cc1Cl. The first-order valence-electron chi connectivity index (χ1n) is 8.09. The summed E-state index contributed by atoms with van der Waals surface area (Å²) in [4.78, 5) is 11.6. The molecule has 0 aliphatic rings. The number of esters is 1. The van der Waals surface area contributed by atoms with Crippen LogP contribution in [0.15, 0.2) is 18.2 Å². The Balaban J connectivity index is 2.48. The zero-order valence-corrected chi connectivity index (χ0v) is 16.3. The van der Waals surface area contributed by atoms with Gasteiger partial charge < -0.3 is 14.2 Å². The van der Waals surface area contributed by atoms with Gasteiger partial charge in [0.15, 0.2) is 6.79 Å². The Labute approximate surface area is 145 Å². The van der Waals surface area contributed by atoms with Crippen molar-refractivity contribution >= 4 is 26.4 Å². The van der Waals surface area contributed by atoms with Gasteiger partial charge in [0.1, 0.15) is 5.75 Å². The molecule has 1 atom stereocenters. The predicted octanol–water partition coefficient (Wildman–Crippen LogP) is 4.24. The summed E-state index contributed by atoms with van der Waals surface area (Å²) in [5.41, 5.74) is 0.916. The van der Waals surface area contributed by atoms with Crippen LogP contribution in [0.3, 0.4) is 0 Å². The van der Waals surface area contributed by atoms with Crippen LogP contribution in [0.1, 0.15) is 31.7 Å². The fourth-order valence-corrected chi connectivity index (χ4v) is 3.06. The van der Waals surface area contributed by atoms with Crippen LogP contribution < -0.4 is 4.74 Å². The van der Waals surface area contributed by atoms with Crippen LogP contribution in [0.5, 0.6) is 5.75 Å². The lowest BCUT2D eigenvalue weighted by molar-refractivity contribution is -0.143. The number of hydrogen-bond donors (Lipinski definition) is 0. The molecule has 0 fully saturated rings. The number of rotatable bonds is 10. The minimum absolute atomic E-state index is 0.00264. The highest BCUT2D eigenvalue weighted by Gasteiger charge is 2.15. The maximum Gasteiger partial charge on any atom is 0.306 e. The molecule has 130 valence electrons. The smallest absolute Gasteiger partial charge is 0.306 e. The maximum atomic E-state index is 11.6. The van der Waals surface area contributed by atoms with Gasteiger partial charge in [0.05, 0.1) is 13.0 Å². The molecule has 0 aliphatic carbocycles.